The summed E-state index contributed by atoms with van der Waals surface area (Å²) in [6, 6.07) is 4.37. The monoisotopic (exact) mass is 804 g/mol. The minimum Gasteiger partial charge on any atom is -0.508 e. The van der Waals surface area contributed by atoms with Crippen LogP contribution in [-0.2, 0) is 43.9 Å². The van der Waals surface area contributed by atoms with E-state index >= 15 is 0 Å². The van der Waals surface area contributed by atoms with E-state index in [1.165, 1.54) is 31.2 Å². The number of carbonyl (C=O) groups excluding carboxylic acids is 4. The highest BCUT2D eigenvalue weighted by atomic mass is 19.4. The second-order valence-electron chi connectivity index (χ2n) is 14.1. The highest BCUT2D eigenvalue weighted by Gasteiger charge is 2.62. The van der Waals surface area contributed by atoms with Crippen molar-refractivity contribution in [2.45, 2.75) is 50.4 Å². The molecule has 2 aliphatic heterocycles. The molecule has 2 heterocycles. The Labute approximate surface area is 307 Å². The Hall–Kier alpha value is -5.36. The minimum absolute atomic E-state index is 0.191. The molecule has 3 aromatic rings. The number of benzene rings is 3. The Balaban J connectivity index is 1.35. The number of amides is 4. The largest absolute Gasteiger partial charge is 0.508 e. The van der Waals surface area contributed by atoms with E-state index in [2.05, 4.69) is 0 Å². The van der Waals surface area contributed by atoms with Crippen LogP contribution in [0.2, 0.25) is 0 Å². The lowest BCUT2D eigenvalue weighted by atomic mass is 9.57. The molecule has 3 aromatic carbocycles. The van der Waals surface area contributed by atoms with Gasteiger partial charge < -0.3 is 5.11 Å². The van der Waals surface area contributed by atoms with Crippen molar-refractivity contribution in [1.82, 2.24) is 0 Å². The van der Waals surface area contributed by atoms with Crippen LogP contribution in [0.4, 0.5) is 64.1 Å². The molecular weight excluding hydrogens is 780 g/mol. The third kappa shape index (κ3) is 6.27. The second-order valence-corrected chi connectivity index (χ2v) is 14.1. The molecule has 19 heteroatoms. The number of hydrogen-bond donors (Lipinski definition) is 1. The number of nitrogens with zero attached hydrogens (tertiary/aromatic N) is 2. The van der Waals surface area contributed by atoms with Crippen molar-refractivity contribution in [1.29, 1.82) is 0 Å². The number of hydrogen-bond acceptors (Lipinski definition) is 5. The van der Waals surface area contributed by atoms with Crippen molar-refractivity contribution in [3.05, 3.63) is 99.6 Å². The number of aromatic hydroxyl groups is 1. The lowest BCUT2D eigenvalue weighted by Gasteiger charge is -2.44. The summed E-state index contributed by atoms with van der Waals surface area (Å²) in [7, 11) is 0. The zero-order chi connectivity index (χ0) is 41.2. The molecule has 0 radical (unpaired) electrons. The molecule has 2 saturated heterocycles. The van der Waals surface area contributed by atoms with Crippen molar-refractivity contribution >= 4 is 35.0 Å². The maximum Gasteiger partial charge on any atom is 0.416 e. The zero-order valence-electron chi connectivity index (χ0n) is 28.2. The highest BCUT2D eigenvalue weighted by molar-refractivity contribution is 6.24. The van der Waals surface area contributed by atoms with Crippen LogP contribution in [0, 0.1) is 36.5 Å². The predicted molar refractivity (Wildman–Crippen MR) is 168 cm³/mol. The number of aryl methyl sites for hydroxylation is 1. The first-order chi connectivity index (χ1) is 25.8. The summed E-state index contributed by atoms with van der Waals surface area (Å²) in [6.45, 7) is 1.46. The fourth-order valence-electron chi connectivity index (χ4n) is 8.48. The number of phenolic OH excluding ortho intramolecular Hbond substituents is 1. The van der Waals surface area contributed by atoms with Crippen LogP contribution in [-0.4, -0.2) is 28.7 Å². The molecule has 4 aliphatic rings. The van der Waals surface area contributed by atoms with Crippen LogP contribution in [0.15, 0.2) is 66.2 Å². The first kappa shape index (κ1) is 38.9. The van der Waals surface area contributed by atoms with Crippen LogP contribution >= 0.6 is 0 Å². The lowest BCUT2D eigenvalue weighted by Crippen LogP contribution is -2.43. The number of rotatable bonds is 3. The van der Waals surface area contributed by atoms with Gasteiger partial charge in [0.15, 0.2) is 0 Å². The van der Waals surface area contributed by atoms with Gasteiger partial charge in [-0.25, -0.2) is 9.80 Å². The number of imide groups is 2. The molecule has 0 bridgehead atoms. The summed E-state index contributed by atoms with van der Waals surface area (Å²) >= 11 is 0. The quantitative estimate of drug-likeness (QED) is 0.162. The maximum absolute atomic E-state index is 14.2. The molecule has 56 heavy (non-hydrogen) atoms. The summed E-state index contributed by atoms with van der Waals surface area (Å²) in [5.74, 6) is -13.4. The molecule has 0 aromatic heterocycles. The number of anilines is 2. The molecule has 6 atom stereocenters. The van der Waals surface area contributed by atoms with Crippen LogP contribution in [0.1, 0.15) is 52.1 Å². The number of halogens is 12. The van der Waals surface area contributed by atoms with E-state index in [1.54, 1.807) is 0 Å². The maximum atomic E-state index is 14.2. The summed E-state index contributed by atoms with van der Waals surface area (Å²) in [4.78, 5) is 56.7. The summed E-state index contributed by atoms with van der Waals surface area (Å²) in [5, 5.41) is 10.2. The topological polar surface area (TPSA) is 95.0 Å². The summed E-state index contributed by atoms with van der Waals surface area (Å²) < 4.78 is 165. The fraction of sp³-hybridized carbons (Fsp3) is 0.351. The number of alkyl halides is 12. The first-order valence-corrected chi connectivity index (χ1v) is 16.6. The average molecular weight is 805 g/mol. The smallest absolute Gasteiger partial charge is 0.416 e. The van der Waals surface area contributed by atoms with E-state index in [0.29, 0.717) is 0 Å². The third-order valence-corrected chi connectivity index (χ3v) is 10.9. The molecule has 1 saturated carbocycles. The van der Waals surface area contributed by atoms with E-state index in [-0.39, 0.29) is 75.1 Å². The van der Waals surface area contributed by atoms with E-state index in [4.69, 9.17) is 0 Å². The van der Waals surface area contributed by atoms with Gasteiger partial charge in [-0.2, -0.15) is 52.7 Å². The third-order valence-electron chi connectivity index (χ3n) is 10.9. The van der Waals surface area contributed by atoms with E-state index < -0.39 is 124 Å². The summed E-state index contributed by atoms with van der Waals surface area (Å²) in [5.41, 5.74) is -8.65. The number of fused-ring (bicyclic) bond motifs is 4. The molecule has 1 N–H and O–H groups in total. The summed E-state index contributed by atoms with van der Waals surface area (Å²) in [6.07, 6.45) is -20.8. The van der Waals surface area contributed by atoms with E-state index in [9.17, 15) is 77.0 Å². The Morgan fingerprint density at radius 2 is 0.982 bits per heavy atom. The van der Waals surface area contributed by atoms with Crippen LogP contribution < -0.4 is 9.80 Å². The Kier molecular flexibility index (Phi) is 8.73. The van der Waals surface area contributed by atoms with Gasteiger partial charge in [0.25, 0.3) is 0 Å². The number of phenols is 1. The lowest BCUT2D eigenvalue weighted by molar-refractivity contribution is -0.144. The highest BCUT2D eigenvalue weighted by Crippen LogP contribution is 2.59. The van der Waals surface area contributed by atoms with Gasteiger partial charge in [0, 0.05) is 5.92 Å². The molecule has 2 aliphatic carbocycles. The molecule has 7 nitrogen and oxygen atoms in total. The Morgan fingerprint density at radius 3 is 1.41 bits per heavy atom. The molecule has 4 amide bonds. The molecule has 0 spiro atoms. The zero-order valence-corrected chi connectivity index (χ0v) is 28.2. The fourth-order valence-corrected chi connectivity index (χ4v) is 8.48. The van der Waals surface area contributed by atoms with Gasteiger partial charge in [0.05, 0.1) is 57.3 Å². The van der Waals surface area contributed by atoms with E-state index in [1.807, 2.05) is 0 Å². The van der Waals surface area contributed by atoms with Crippen molar-refractivity contribution in [3.8, 4) is 5.75 Å². The van der Waals surface area contributed by atoms with E-state index in [0.717, 1.165) is 0 Å². The Bertz CT molecular complexity index is 2180. The van der Waals surface area contributed by atoms with Crippen LogP contribution in [0.25, 0.3) is 0 Å². The van der Waals surface area contributed by atoms with Gasteiger partial charge in [0.2, 0.25) is 23.6 Å². The standard InChI is InChI=1S/C37H24F12N2O5/c1-14-6-15(2-5-26(14)52)27-22-3-4-23-28(32(55)50(30(23)53)20-9-16(34(38,39)40)7-17(10-20)35(41,42)43)24(22)13-25-29(27)33(56)51(31(25)54)21-11-18(36(44,45)46)8-19(12-21)37(47,48)49/h2-3,5-12,23-25,27-29,52H,4,13H2,1H3. The average Bonchev–Trinajstić information content (AvgIpc) is 3.50. The van der Waals surface area contributed by atoms with Crippen LogP contribution in [0.5, 0.6) is 5.75 Å². The van der Waals surface area contributed by atoms with Crippen molar-refractivity contribution in [3.63, 3.8) is 0 Å². The molecule has 3 fully saturated rings. The normalized spacial score (nSPS) is 25.7. The van der Waals surface area contributed by atoms with Gasteiger partial charge in [-0.1, -0.05) is 23.8 Å². The van der Waals surface area contributed by atoms with Gasteiger partial charge in [-0.15, -0.1) is 0 Å². The van der Waals surface area contributed by atoms with Gasteiger partial charge in [-0.3, -0.25) is 19.2 Å². The number of carbonyl (C=O) groups is 4. The van der Waals surface area contributed by atoms with Crippen molar-refractivity contribution in [2.24, 2.45) is 29.6 Å². The molecular formula is C37H24F12N2O5. The van der Waals surface area contributed by atoms with Gasteiger partial charge in [0.1, 0.15) is 5.75 Å². The molecule has 7 rings (SSSR count). The molecule has 296 valence electrons. The SMILES string of the molecule is Cc1cc(C2C3=CCC4C(=O)N(c5cc(C(F)(F)F)cc(C(F)(F)F)c5)C(=O)C4C3CC3C(=O)N(c4cc(C(F)(F)F)cc(C(F)(F)F)c4)C(=O)C32)ccc1O. The van der Waals surface area contributed by atoms with Crippen molar-refractivity contribution < 1.29 is 77.0 Å². The minimum atomic E-state index is -5.35. The van der Waals surface area contributed by atoms with Crippen LogP contribution in [0.3, 0.4) is 0 Å². The van der Waals surface area contributed by atoms with Gasteiger partial charge in [-0.05, 0) is 79.3 Å². The van der Waals surface area contributed by atoms with Gasteiger partial charge >= 0.3 is 24.7 Å². The number of allylic oxidation sites excluding steroid dienone is 2. The first-order valence-electron chi connectivity index (χ1n) is 16.6. The van der Waals surface area contributed by atoms with Crippen molar-refractivity contribution in [2.75, 3.05) is 9.80 Å². The molecule has 6 unspecified atom stereocenters. The predicted octanol–water partition coefficient (Wildman–Crippen LogP) is 8.82. The second kappa shape index (κ2) is 12.6. The Morgan fingerprint density at radius 1 is 0.554 bits per heavy atom.